The maximum Gasteiger partial charge on any atom is 0.270 e. The van der Waals surface area contributed by atoms with Gasteiger partial charge >= 0.3 is 0 Å². The molecule has 30 heavy (non-hydrogen) atoms. The molecule has 0 radical (unpaired) electrons. The average molecular weight is 413 g/mol. The van der Waals surface area contributed by atoms with Crippen molar-refractivity contribution >= 4 is 17.9 Å². The van der Waals surface area contributed by atoms with Gasteiger partial charge in [0.15, 0.2) is 17.1 Å². The Kier molecular flexibility index (Phi) is 6.03. The summed E-state index contributed by atoms with van der Waals surface area (Å²) < 4.78 is 17.1. The van der Waals surface area contributed by atoms with Crippen molar-refractivity contribution in [2.45, 2.75) is 38.4 Å². The molecule has 1 heterocycles. The highest BCUT2D eigenvalue weighted by Crippen LogP contribution is 2.37. The number of hydrogen-bond acceptors (Lipinski definition) is 6. The van der Waals surface area contributed by atoms with Gasteiger partial charge in [-0.3, -0.25) is 9.59 Å². The second-order valence-electron chi connectivity index (χ2n) is 8.16. The third-order valence-corrected chi connectivity index (χ3v) is 4.91. The van der Waals surface area contributed by atoms with Crippen LogP contribution in [0.4, 0.5) is 5.69 Å². The van der Waals surface area contributed by atoms with Crippen LogP contribution in [0.5, 0.6) is 17.2 Å². The first kappa shape index (κ1) is 21.6. The Morgan fingerprint density at radius 3 is 2.47 bits per heavy atom. The zero-order valence-corrected chi connectivity index (χ0v) is 17.7. The molecule has 2 aromatic rings. The van der Waals surface area contributed by atoms with Crippen molar-refractivity contribution in [3.63, 3.8) is 0 Å². The first-order valence-corrected chi connectivity index (χ1v) is 9.75. The Balaban J connectivity index is 1.76. The number of nitrogens with zero attached hydrogens (tertiary/aromatic N) is 1. The fourth-order valence-corrected chi connectivity index (χ4v) is 3.23. The van der Waals surface area contributed by atoms with Gasteiger partial charge in [-0.15, -0.1) is 0 Å². The summed E-state index contributed by atoms with van der Waals surface area (Å²) in [6, 6.07) is 11.9. The largest absolute Gasteiger partial charge is 0.493 e. The quantitative estimate of drug-likeness (QED) is 0.669. The summed E-state index contributed by atoms with van der Waals surface area (Å²) in [6.45, 7) is 5.68. The molecule has 1 N–H and O–H groups in total. The SMILES string of the molecule is COc1cc(N2CCC(C)(Oc3ccc(C=O)cc3)C2=O)ccc1OCC(C)(C)O. The molecule has 1 amide bonds. The summed E-state index contributed by atoms with van der Waals surface area (Å²) in [5.41, 5.74) is -0.758. The van der Waals surface area contributed by atoms with E-state index < -0.39 is 11.2 Å². The standard InChI is InChI=1S/C23H27NO6/c1-22(2,27)15-29-19-10-7-17(13-20(19)28-4)24-12-11-23(3,21(24)26)30-18-8-5-16(14-25)6-9-18/h5-10,13-14,27H,11-12,15H2,1-4H3. The molecule has 1 aliphatic rings. The monoisotopic (exact) mass is 413 g/mol. The van der Waals surface area contributed by atoms with Gasteiger partial charge in [0.05, 0.1) is 12.7 Å². The molecule has 1 saturated heterocycles. The van der Waals surface area contributed by atoms with Crippen molar-refractivity contribution < 1.29 is 28.9 Å². The van der Waals surface area contributed by atoms with E-state index in [1.807, 2.05) is 0 Å². The minimum atomic E-state index is -1.01. The molecule has 1 unspecified atom stereocenters. The number of amides is 1. The van der Waals surface area contributed by atoms with Crippen LogP contribution in [0.1, 0.15) is 37.6 Å². The maximum atomic E-state index is 13.1. The van der Waals surface area contributed by atoms with E-state index in [1.54, 1.807) is 68.1 Å². The zero-order chi connectivity index (χ0) is 21.9. The van der Waals surface area contributed by atoms with Crippen LogP contribution in [0.25, 0.3) is 0 Å². The number of carbonyl (C=O) groups excluding carboxylic acids is 2. The molecule has 0 aromatic heterocycles. The fraction of sp³-hybridized carbons (Fsp3) is 0.391. The summed E-state index contributed by atoms with van der Waals surface area (Å²) in [6.07, 6.45) is 1.27. The van der Waals surface area contributed by atoms with Crippen molar-refractivity contribution in [2.24, 2.45) is 0 Å². The van der Waals surface area contributed by atoms with Crippen molar-refractivity contribution in [1.29, 1.82) is 0 Å². The smallest absolute Gasteiger partial charge is 0.270 e. The molecular formula is C23H27NO6. The molecule has 1 fully saturated rings. The number of anilines is 1. The summed E-state index contributed by atoms with van der Waals surface area (Å²) in [4.78, 5) is 25.6. The third kappa shape index (κ3) is 4.74. The number of rotatable bonds is 8. The van der Waals surface area contributed by atoms with E-state index in [4.69, 9.17) is 14.2 Å². The predicted molar refractivity (Wildman–Crippen MR) is 113 cm³/mol. The fourth-order valence-electron chi connectivity index (χ4n) is 3.23. The van der Waals surface area contributed by atoms with E-state index in [-0.39, 0.29) is 12.5 Å². The average Bonchev–Trinajstić information content (AvgIpc) is 3.00. The number of carbonyl (C=O) groups is 2. The number of ether oxygens (including phenoxy) is 3. The van der Waals surface area contributed by atoms with Crippen molar-refractivity contribution in [1.82, 2.24) is 0 Å². The Morgan fingerprint density at radius 2 is 1.87 bits per heavy atom. The molecule has 0 spiro atoms. The molecule has 0 bridgehead atoms. The van der Waals surface area contributed by atoms with Gasteiger partial charge < -0.3 is 24.2 Å². The third-order valence-electron chi connectivity index (χ3n) is 4.91. The minimum absolute atomic E-state index is 0.111. The Hall–Kier alpha value is -3.06. The van der Waals surface area contributed by atoms with Gasteiger partial charge in [0.25, 0.3) is 5.91 Å². The Morgan fingerprint density at radius 1 is 1.17 bits per heavy atom. The summed E-state index contributed by atoms with van der Waals surface area (Å²) in [7, 11) is 1.53. The maximum absolute atomic E-state index is 13.1. The summed E-state index contributed by atoms with van der Waals surface area (Å²) in [5.74, 6) is 1.34. The van der Waals surface area contributed by atoms with E-state index in [0.29, 0.717) is 41.5 Å². The molecule has 1 aliphatic heterocycles. The first-order chi connectivity index (χ1) is 14.1. The van der Waals surface area contributed by atoms with Crippen LogP contribution < -0.4 is 19.1 Å². The summed E-state index contributed by atoms with van der Waals surface area (Å²) in [5, 5.41) is 9.86. The highest BCUT2D eigenvalue weighted by molar-refractivity contribution is 6.02. The lowest BCUT2D eigenvalue weighted by atomic mass is 10.1. The number of aldehydes is 1. The predicted octanol–water partition coefficient (Wildman–Crippen LogP) is 3.23. The highest BCUT2D eigenvalue weighted by Gasteiger charge is 2.45. The van der Waals surface area contributed by atoms with Gasteiger partial charge in [0.1, 0.15) is 18.6 Å². The molecule has 0 aliphatic carbocycles. The van der Waals surface area contributed by atoms with Crippen LogP contribution in [0, 0.1) is 0 Å². The van der Waals surface area contributed by atoms with Crippen LogP contribution in [-0.2, 0) is 4.79 Å². The topological polar surface area (TPSA) is 85.3 Å². The first-order valence-electron chi connectivity index (χ1n) is 9.75. The molecule has 1 atom stereocenters. The highest BCUT2D eigenvalue weighted by atomic mass is 16.5. The van der Waals surface area contributed by atoms with Crippen LogP contribution in [-0.4, -0.2) is 48.8 Å². The zero-order valence-electron chi connectivity index (χ0n) is 17.7. The lowest BCUT2D eigenvalue weighted by Crippen LogP contribution is -2.42. The minimum Gasteiger partial charge on any atom is -0.493 e. The van der Waals surface area contributed by atoms with Gasteiger partial charge in [0, 0.05) is 30.3 Å². The number of benzene rings is 2. The molecule has 0 saturated carbocycles. The van der Waals surface area contributed by atoms with Gasteiger partial charge in [-0.1, -0.05) is 0 Å². The van der Waals surface area contributed by atoms with E-state index in [0.717, 1.165) is 6.29 Å². The van der Waals surface area contributed by atoms with Gasteiger partial charge in [-0.05, 0) is 57.2 Å². The van der Waals surface area contributed by atoms with E-state index in [9.17, 15) is 14.7 Å². The van der Waals surface area contributed by atoms with Crippen LogP contribution in [0.15, 0.2) is 42.5 Å². The van der Waals surface area contributed by atoms with Crippen LogP contribution >= 0.6 is 0 Å². The number of methoxy groups -OCH3 is 1. The van der Waals surface area contributed by atoms with Crippen molar-refractivity contribution in [2.75, 3.05) is 25.2 Å². The van der Waals surface area contributed by atoms with Gasteiger partial charge in [-0.25, -0.2) is 0 Å². The molecule has 7 nitrogen and oxygen atoms in total. The lowest BCUT2D eigenvalue weighted by molar-refractivity contribution is -0.129. The molecule has 3 rings (SSSR count). The van der Waals surface area contributed by atoms with E-state index in [2.05, 4.69) is 0 Å². The van der Waals surface area contributed by atoms with E-state index >= 15 is 0 Å². The van der Waals surface area contributed by atoms with Gasteiger partial charge in [0.2, 0.25) is 0 Å². The molecular weight excluding hydrogens is 386 g/mol. The van der Waals surface area contributed by atoms with Gasteiger partial charge in [-0.2, -0.15) is 0 Å². The number of aliphatic hydroxyl groups is 1. The Labute approximate surface area is 176 Å². The van der Waals surface area contributed by atoms with Crippen molar-refractivity contribution in [3.8, 4) is 17.2 Å². The second-order valence-corrected chi connectivity index (χ2v) is 8.16. The lowest BCUT2D eigenvalue weighted by Gasteiger charge is -2.25. The summed E-state index contributed by atoms with van der Waals surface area (Å²) >= 11 is 0. The Bertz CT molecular complexity index is 918. The normalized spacial score (nSPS) is 19.0. The number of hydrogen-bond donors (Lipinski definition) is 1. The molecule has 160 valence electrons. The molecule has 7 heteroatoms. The second kappa shape index (κ2) is 8.36. The van der Waals surface area contributed by atoms with Crippen LogP contribution in [0.3, 0.4) is 0 Å². The molecule has 2 aromatic carbocycles. The van der Waals surface area contributed by atoms with Crippen molar-refractivity contribution in [3.05, 3.63) is 48.0 Å². The van der Waals surface area contributed by atoms with Crippen LogP contribution in [0.2, 0.25) is 0 Å². The van der Waals surface area contributed by atoms with E-state index in [1.165, 1.54) is 7.11 Å².